The number of aromatic nitrogens is 3. The zero-order valence-corrected chi connectivity index (χ0v) is 17.6. The van der Waals surface area contributed by atoms with Crippen molar-refractivity contribution in [2.45, 2.75) is 77.0 Å². The molecule has 1 saturated heterocycles. The molecule has 0 aromatic carbocycles. The summed E-state index contributed by atoms with van der Waals surface area (Å²) in [6.45, 7) is 8.99. The smallest absolute Gasteiger partial charge is 0.278 e. The van der Waals surface area contributed by atoms with Crippen molar-refractivity contribution < 1.29 is 4.79 Å². The molecule has 1 amide bonds. The highest BCUT2D eigenvalue weighted by atomic mass is 32.2. The number of rotatable bonds is 6. The normalized spacial score (nSPS) is 18.8. The van der Waals surface area contributed by atoms with Gasteiger partial charge in [0, 0.05) is 24.3 Å². The van der Waals surface area contributed by atoms with Gasteiger partial charge in [-0.15, -0.1) is 0 Å². The third-order valence-electron chi connectivity index (χ3n) is 5.56. The molecular weight excluding hydrogens is 360 g/mol. The molecule has 1 aliphatic rings. The van der Waals surface area contributed by atoms with Crippen molar-refractivity contribution in [1.29, 1.82) is 0 Å². The molecule has 1 N–H and O–H groups in total. The fourth-order valence-electron chi connectivity index (χ4n) is 3.83. The third-order valence-corrected chi connectivity index (χ3v) is 6.50. The number of carbonyl (C=O) groups is 1. The number of amides is 1. The Bertz CT molecular complexity index is 873. The van der Waals surface area contributed by atoms with E-state index >= 15 is 0 Å². The van der Waals surface area contributed by atoms with Gasteiger partial charge < -0.3 is 9.88 Å². The number of nitrogens with zero attached hydrogens (tertiary/aromatic N) is 3. The number of thioether (sulfide) groups is 1. The zero-order valence-electron chi connectivity index (χ0n) is 16.7. The van der Waals surface area contributed by atoms with E-state index in [9.17, 15) is 9.59 Å². The molecule has 1 aliphatic heterocycles. The first-order chi connectivity index (χ1) is 13.0. The number of aryl methyl sites for hydroxylation is 1. The first-order valence-corrected chi connectivity index (χ1v) is 11.0. The summed E-state index contributed by atoms with van der Waals surface area (Å²) in [5.41, 5.74) is 2.09. The summed E-state index contributed by atoms with van der Waals surface area (Å²) in [7, 11) is 0. The van der Waals surface area contributed by atoms with Crippen LogP contribution in [-0.2, 0) is 4.79 Å². The van der Waals surface area contributed by atoms with E-state index in [4.69, 9.17) is 4.98 Å². The Morgan fingerprint density at radius 2 is 2.19 bits per heavy atom. The van der Waals surface area contributed by atoms with Crippen LogP contribution in [0, 0.1) is 6.92 Å². The van der Waals surface area contributed by atoms with Crippen molar-refractivity contribution in [1.82, 2.24) is 19.4 Å². The van der Waals surface area contributed by atoms with Crippen molar-refractivity contribution in [2.75, 3.05) is 12.3 Å². The van der Waals surface area contributed by atoms with Gasteiger partial charge in [0.1, 0.15) is 5.52 Å². The van der Waals surface area contributed by atoms with Crippen LogP contribution in [0.1, 0.15) is 64.6 Å². The molecule has 0 spiro atoms. The van der Waals surface area contributed by atoms with Gasteiger partial charge in [0.2, 0.25) is 5.91 Å². The molecule has 0 aliphatic carbocycles. The first kappa shape index (κ1) is 20.0. The fourth-order valence-corrected chi connectivity index (χ4v) is 4.81. The average Bonchev–Trinajstić information content (AvgIpc) is 3.06. The minimum atomic E-state index is -0.0539. The Balaban J connectivity index is 1.87. The van der Waals surface area contributed by atoms with Crippen molar-refractivity contribution in [2.24, 2.45) is 0 Å². The SMILES string of the molecule is CC[C@H]1CCCCN1C(=O)CSc1nc2cc(C)[nH]c2c(=O)n1[C@H](C)CC. The van der Waals surface area contributed by atoms with E-state index < -0.39 is 0 Å². The summed E-state index contributed by atoms with van der Waals surface area (Å²) in [6.07, 6.45) is 5.21. The molecule has 0 unspecified atom stereocenters. The number of piperidine rings is 1. The highest BCUT2D eigenvalue weighted by molar-refractivity contribution is 7.99. The van der Waals surface area contributed by atoms with Crippen LogP contribution in [0.25, 0.3) is 11.0 Å². The van der Waals surface area contributed by atoms with Crippen LogP contribution in [0.2, 0.25) is 0 Å². The molecule has 27 heavy (non-hydrogen) atoms. The number of carbonyl (C=O) groups excluding carboxylic acids is 1. The summed E-state index contributed by atoms with van der Waals surface area (Å²) >= 11 is 1.39. The molecule has 0 bridgehead atoms. The summed E-state index contributed by atoms with van der Waals surface area (Å²) in [5, 5.41) is 0.638. The number of H-pyrrole nitrogens is 1. The second-order valence-corrected chi connectivity index (χ2v) is 8.42. The van der Waals surface area contributed by atoms with E-state index in [0.29, 0.717) is 28.0 Å². The van der Waals surface area contributed by atoms with Gasteiger partial charge in [0.25, 0.3) is 5.56 Å². The quantitative estimate of drug-likeness (QED) is 0.600. The number of hydrogen-bond donors (Lipinski definition) is 1. The molecule has 2 aromatic heterocycles. The summed E-state index contributed by atoms with van der Waals surface area (Å²) in [5.74, 6) is 0.482. The summed E-state index contributed by atoms with van der Waals surface area (Å²) < 4.78 is 1.74. The second-order valence-electron chi connectivity index (χ2n) is 7.47. The lowest BCUT2D eigenvalue weighted by Gasteiger charge is -2.35. The molecule has 3 heterocycles. The number of fused-ring (bicyclic) bond motifs is 1. The summed E-state index contributed by atoms with van der Waals surface area (Å²) in [6, 6.07) is 2.28. The number of likely N-dealkylation sites (tertiary alicyclic amines) is 1. The Morgan fingerprint density at radius 1 is 1.41 bits per heavy atom. The molecule has 2 atom stereocenters. The van der Waals surface area contributed by atoms with E-state index in [-0.39, 0.29) is 17.5 Å². The highest BCUT2D eigenvalue weighted by Gasteiger charge is 2.26. The van der Waals surface area contributed by atoms with E-state index in [0.717, 1.165) is 37.9 Å². The Labute approximate surface area is 164 Å². The van der Waals surface area contributed by atoms with E-state index in [1.807, 2.05) is 24.8 Å². The van der Waals surface area contributed by atoms with Gasteiger partial charge in [-0.2, -0.15) is 0 Å². The van der Waals surface area contributed by atoms with Crippen molar-refractivity contribution in [3.05, 3.63) is 22.1 Å². The van der Waals surface area contributed by atoms with Crippen LogP contribution in [0.5, 0.6) is 0 Å². The van der Waals surface area contributed by atoms with Crippen LogP contribution in [-0.4, -0.2) is 43.7 Å². The predicted octanol–water partition coefficient (Wildman–Crippen LogP) is 3.89. The van der Waals surface area contributed by atoms with Crippen LogP contribution >= 0.6 is 11.8 Å². The van der Waals surface area contributed by atoms with Crippen molar-refractivity contribution in [3.63, 3.8) is 0 Å². The number of aromatic amines is 1. The molecule has 1 fully saturated rings. The maximum absolute atomic E-state index is 13.0. The van der Waals surface area contributed by atoms with Gasteiger partial charge in [0.15, 0.2) is 5.16 Å². The Kier molecular flexibility index (Phi) is 6.29. The van der Waals surface area contributed by atoms with Gasteiger partial charge in [-0.25, -0.2) is 4.98 Å². The molecule has 2 aromatic rings. The van der Waals surface area contributed by atoms with Gasteiger partial charge >= 0.3 is 0 Å². The van der Waals surface area contributed by atoms with E-state index in [1.165, 1.54) is 18.2 Å². The first-order valence-electron chi connectivity index (χ1n) is 10.00. The van der Waals surface area contributed by atoms with Crippen LogP contribution in [0.3, 0.4) is 0 Å². The van der Waals surface area contributed by atoms with Gasteiger partial charge in [-0.05, 0) is 52.0 Å². The molecule has 6 nitrogen and oxygen atoms in total. The van der Waals surface area contributed by atoms with Crippen LogP contribution < -0.4 is 5.56 Å². The molecule has 3 rings (SSSR count). The van der Waals surface area contributed by atoms with Gasteiger partial charge in [-0.1, -0.05) is 25.6 Å². The molecule has 7 heteroatoms. The maximum Gasteiger partial charge on any atom is 0.278 e. The standard InChI is InChI=1S/C20H30N4O2S/c1-5-14(4)24-19(26)18-16(11-13(3)21-18)22-20(24)27-12-17(25)23-10-8-7-9-15(23)6-2/h11,14-15,21H,5-10,12H2,1-4H3/t14-,15+/m1/s1. The largest absolute Gasteiger partial charge is 0.353 e. The monoisotopic (exact) mass is 390 g/mol. The van der Waals surface area contributed by atoms with Gasteiger partial charge in [0.05, 0.1) is 11.3 Å². The second kappa shape index (κ2) is 8.50. The minimum absolute atomic E-state index is 0.0361. The zero-order chi connectivity index (χ0) is 19.6. The van der Waals surface area contributed by atoms with Gasteiger partial charge in [-0.3, -0.25) is 14.2 Å². The molecular formula is C20H30N4O2S. The fraction of sp³-hybridized carbons (Fsp3) is 0.650. The average molecular weight is 391 g/mol. The predicted molar refractivity (Wildman–Crippen MR) is 110 cm³/mol. The van der Waals surface area contributed by atoms with Crippen molar-refractivity contribution >= 4 is 28.7 Å². The Hall–Kier alpha value is -1.76. The maximum atomic E-state index is 13.0. The van der Waals surface area contributed by atoms with E-state index in [1.54, 1.807) is 4.57 Å². The summed E-state index contributed by atoms with van der Waals surface area (Å²) in [4.78, 5) is 35.7. The molecule has 0 radical (unpaired) electrons. The minimum Gasteiger partial charge on any atom is -0.353 e. The van der Waals surface area contributed by atoms with E-state index in [2.05, 4.69) is 18.8 Å². The highest BCUT2D eigenvalue weighted by Crippen LogP contribution is 2.25. The van der Waals surface area contributed by atoms with Crippen LogP contribution in [0.4, 0.5) is 0 Å². The van der Waals surface area contributed by atoms with Crippen molar-refractivity contribution in [3.8, 4) is 0 Å². The number of nitrogens with one attached hydrogen (secondary N) is 1. The van der Waals surface area contributed by atoms with Crippen LogP contribution in [0.15, 0.2) is 16.0 Å². The lowest BCUT2D eigenvalue weighted by Crippen LogP contribution is -2.44. The topological polar surface area (TPSA) is 71.0 Å². The molecule has 0 saturated carbocycles. The third kappa shape index (κ3) is 4.08. The lowest BCUT2D eigenvalue weighted by atomic mass is 10.0. The lowest BCUT2D eigenvalue weighted by molar-refractivity contribution is -0.132. The Morgan fingerprint density at radius 3 is 2.89 bits per heavy atom. The number of hydrogen-bond acceptors (Lipinski definition) is 4. The molecule has 148 valence electrons.